The van der Waals surface area contributed by atoms with Gasteiger partial charge in [-0.2, -0.15) is 8.42 Å². The van der Waals surface area contributed by atoms with Gasteiger partial charge in [0.1, 0.15) is 11.5 Å². The second-order valence-corrected chi connectivity index (χ2v) is 7.66. The van der Waals surface area contributed by atoms with E-state index in [2.05, 4.69) is 4.99 Å². The number of hydrogen-bond donors (Lipinski definition) is 1. The molecule has 0 saturated heterocycles. The predicted molar refractivity (Wildman–Crippen MR) is 107 cm³/mol. The SMILES string of the molecule is COc1ccc(C2(c3cccc(OS(C)(=O)=O)c3)N=C(N)N(C)C2=O)cc1.Cl. The van der Waals surface area contributed by atoms with Gasteiger partial charge >= 0.3 is 10.1 Å². The maximum absolute atomic E-state index is 13.1. The highest BCUT2D eigenvalue weighted by Gasteiger charge is 2.49. The number of amides is 1. The summed E-state index contributed by atoms with van der Waals surface area (Å²) in [6, 6.07) is 13.1. The van der Waals surface area contributed by atoms with E-state index >= 15 is 0 Å². The molecule has 28 heavy (non-hydrogen) atoms. The summed E-state index contributed by atoms with van der Waals surface area (Å²) in [6.07, 6.45) is 0.948. The molecule has 0 saturated carbocycles. The second kappa shape index (κ2) is 7.69. The summed E-state index contributed by atoms with van der Waals surface area (Å²) in [5.41, 5.74) is 5.48. The van der Waals surface area contributed by atoms with Crippen molar-refractivity contribution in [1.29, 1.82) is 0 Å². The first-order valence-corrected chi connectivity index (χ1v) is 9.77. The first-order chi connectivity index (χ1) is 12.7. The monoisotopic (exact) mass is 425 g/mol. The molecule has 10 heteroatoms. The van der Waals surface area contributed by atoms with Gasteiger partial charge in [-0.05, 0) is 35.4 Å². The maximum Gasteiger partial charge on any atom is 0.306 e. The van der Waals surface area contributed by atoms with Crippen LogP contribution in [0.3, 0.4) is 0 Å². The third kappa shape index (κ3) is 3.76. The first kappa shape index (κ1) is 21.5. The van der Waals surface area contributed by atoms with Gasteiger partial charge in [0.15, 0.2) is 11.5 Å². The number of methoxy groups -OCH3 is 1. The van der Waals surface area contributed by atoms with Crippen molar-refractivity contribution in [2.45, 2.75) is 5.54 Å². The van der Waals surface area contributed by atoms with E-state index in [1.807, 2.05) is 0 Å². The van der Waals surface area contributed by atoms with E-state index < -0.39 is 15.7 Å². The molecule has 3 rings (SSSR count). The molecule has 1 heterocycles. The molecule has 0 bridgehead atoms. The van der Waals surface area contributed by atoms with Crippen molar-refractivity contribution in [3.63, 3.8) is 0 Å². The zero-order valence-electron chi connectivity index (χ0n) is 15.4. The lowest BCUT2D eigenvalue weighted by Crippen LogP contribution is -2.41. The highest BCUT2D eigenvalue weighted by atomic mass is 35.5. The number of halogens is 1. The summed E-state index contributed by atoms with van der Waals surface area (Å²) in [5, 5.41) is 0. The van der Waals surface area contributed by atoms with Crippen molar-refractivity contribution in [1.82, 2.24) is 4.90 Å². The highest BCUT2D eigenvalue weighted by molar-refractivity contribution is 7.86. The van der Waals surface area contributed by atoms with Gasteiger partial charge in [-0.25, -0.2) is 4.99 Å². The molecule has 1 aliphatic heterocycles. The number of guanidine groups is 1. The molecule has 2 aromatic carbocycles. The number of rotatable bonds is 5. The number of benzene rings is 2. The van der Waals surface area contributed by atoms with Crippen LogP contribution in [-0.4, -0.2) is 45.6 Å². The molecule has 1 amide bonds. The van der Waals surface area contributed by atoms with Gasteiger partial charge in [0.25, 0.3) is 5.91 Å². The van der Waals surface area contributed by atoms with Crippen molar-refractivity contribution in [3.05, 3.63) is 59.7 Å². The van der Waals surface area contributed by atoms with Crippen LogP contribution in [0, 0.1) is 0 Å². The lowest BCUT2D eigenvalue weighted by molar-refractivity contribution is -0.129. The third-order valence-corrected chi connectivity index (χ3v) is 4.74. The van der Waals surface area contributed by atoms with Gasteiger partial charge in [0.05, 0.1) is 13.4 Å². The van der Waals surface area contributed by atoms with Gasteiger partial charge in [-0.1, -0.05) is 24.3 Å². The molecule has 1 atom stereocenters. The maximum atomic E-state index is 13.1. The van der Waals surface area contributed by atoms with Crippen LogP contribution in [0.2, 0.25) is 0 Å². The number of aliphatic imine (C=N–C) groups is 1. The average molecular weight is 426 g/mol. The van der Waals surface area contributed by atoms with E-state index in [9.17, 15) is 13.2 Å². The van der Waals surface area contributed by atoms with Crippen molar-refractivity contribution in [2.24, 2.45) is 10.7 Å². The summed E-state index contributed by atoms with van der Waals surface area (Å²) in [4.78, 5) is 18.8. The fraction of sp³-hybridized carbons (Fsp3) is 0.222. The van der Waals surface area contributed by atoms with Crippen LogP contribution in [0.1, 0.15) is 11.1 Å². The normalized spacial score (nSPS) is 19.0. The van der Waals surface area contributed by atoms with E-state index in [1.54, 1.807) is 43.5 Å². The summed E-state index contributed by atoms with van der Waals surface area (Å²) in [7, 11) is -0.644. The Hall–Kier alpha value is -2.78. The van der Waals surface area contributed by atoms with E-state index in [1.165, 1.54) is 24.1 Å². The van der Waals surface area contributed by atoms with E-state index in [0.717, 1.165) is 6.26 Å². The minimum Gasteiger partial charge on any atom is -0.497 e. The minimum absolute atomic E-state index is 0. The van der Waals surface area contributed by atoms with Gasteiger partial charge < -0.3 is 14.7 Å². The number of likely N-dealkylation sites (N-methyl/N-ethyl adjacent to an activating group) is 1. The first-order valence-electron chi connectivity index (χ1n) is 7.95. The van der Waals surface area contributed by atoms with Gasteiger partial charge in [-0.15, -0.1) is 12.4 Å². The number of hydrogen-bond acceptors (Lipinski definition) is 7. The summed E-state index contributed by atoms with van der Waals surface area (Å²) in [6.45, 7) is 0. The highest BCUT2D eigenvalue weighted by Crippen LogP contribution is 2.40. The van der Waals surface area contributed by atoms with E-state index in [-0.39, 0.29) is 30.0 Å². The predicted octanol–water partition coefficient (Wildman–Crippen LogP) is 1.49. The van der Waals surface area contributed by atoms with Crippen LogP contribution in [0.4, 0.5) is 0 Å². The van der Waals surface area contributed by atoms with Crippen molar-refractivity contribution < 1.29 is 22.1 Å². The van der Waals surface area contributed by atoms with Crippen molar-refractivity contribution in [2.75, 3.05) is 20.4 Å². The molecule has 150 valence electrons. The topological polar surface area (TPSA) is 111 Å². The second-order valence-electron chi connectivity index (χ2n) is 6.09. The quantitative estimate of drug-likeness (QED) is 0.726. The van der Waals surface area contributed by atoms with Gasteiger partial charge in [0.2, 0.25) is 0 Å². The van der Waals surface area contributed by atoms with Crippen molar-refractivity contribution in [3.8, 4) is 11.5 Å². The van der Waals surface area contributed by atoms with Crippen LogP contribution >= 0.6 is 12.4 Å². The molecule has 0 spiro atoms. The Morgan fingerprint density at radius 1 is 1.07 bits per heavy atom. The third-order valence-electron chi connectivity index (χ3n) is 4.25. The lowest BCUT2D eigenvalue weighted by Gasteiger charge is -2.26. The molecular formula is C18H20ClN3O5S. The van der Waals surface area contributed by atoms with E-state index in [0.29, 0.717) is 16.9 Å². The number of carbonyl (C=O) groups excluding carboxylic acids is 1. The molecule has 0 fully saturated rings. The Bertz CT molecular complexity index is 1020. The largest absolute Gasteiger partial charge is 0.497 e. The molecule has 2 aromatic rings. The minimum atomic E-state index is -3.72. The molecule has 2 N–H and O–H groups in total. The molecule has 0 aromatic heterocycles. The van der Waals surface area contributed by atoms with Crippen LogP contribution < -0.4 is 14.7 Å². The zero-order chi connectivity index (χ0) is 19.8. The van der Waals surface area contributed by atoms with Gasteiger partial charge in [0, 0.05) is 7.05 Å². The van der Waals surface area contributed by atoms with E-state index in [4.69, 9.17) is 14.7 Å². The number of nitrogens with two attached hydrogens (primary N) is 1. The number of nitrogens with zero attached hydrogens (tertiary/aromatic N) is 2. The fourth-order valence-electron chi connectivity index (χ4n) is 2.96. The molecule has 1 aliphatic rings. The Morgan fingerprint density at radius 3 is 2.21 bits per heavy atom. The smallest absolute Gasteiger partial charge is 0.306 e. The van der Waals surface area contributed by atoms with Crippen LogP contribution in [0.25, 0.3) is 0 Å². The Labute approximate surface area is 169 Å². The van der Waals surface area contributed by atoms with Crippen LogP contribution in [0.5, 0.6) is 11.5 Å². The fourth-order valence-corrected chi connectivity index (χ4v) is 3.42. The summed E-state index contributed by atoms with van der Waals surface area (Å²) < 4.78 is 33.1. The molecule has 1 unspecified atom stereocenters. The molecule has 0 aliphatic carbocycles. The standard InChI is InChI=1S/C18H19N3O5S.ClH/c1-21-16(22)18(20-17(21)19,12-7-9-14(25-2)10-8-12)13-5-4-6-15(11-13)26-27(3,23)24;/h4-11H,1-3H3,(H2,19,20);1H. The number of carbonyl (C=O) groups is 1. The lowest BCUT2D eigenvalue weighted by atomic mass is 9.82. The average Bonchev–Trinajstić information content (AvgIpc) is 2.86. The van der Waals surface area contributed by atoms with Crippen LogP contribution in [-0.2, 0) is 20.5 Å². The summed E-state index contributed by atoms with van der Waals surface area (Å²) >= 11 is 0. The molecular weight excluding hydrogens is 406 g/mol. The molecule has 8 nitrogen and oxygen atoms in total. The summed E-state index contributed by atoms with van der Waals surface area (Å²) in [5.74, 6) is 0.407. The zero-order valence-corrected chi connectivity index (χ0v) is 17.1. The van der Waals surface area contributed by atoms with Crippen LogP contribution in [0.15, 0.2) is 53.5 Å². The Morgan fingerprint density at radius 2 is 1.71 bits per heavy atom. The van der Waals surface area contributed by atoms with Crippen molar-refractivity contribution >= 4 is 34.4 Å². The van der Waals surface area contributed by atoms with Gasteiger partial charge in [-0.3, -0.25) is 9.69 Å². The number of ether oxygens (including phenoxy) is 1. The molecule has 0 radical (unpaired) electrons. The Balaban J connectivity index is 0.00000280. The Kier molecular flexibility index (Phi) is 5.91.